The molecule has 342 valence electrons. The van der Waals surface area contributed by atoms with Crippen molar-refractivity contribution in [2.45, 2.75) is 0 Å². The van der Waals surface area contributed by atoms with Gasteiger partial charge in [-0.3, -0.25) is 0 Å². The molecule has 0 N–H and O–H groups in total. The molecule has 0 atom stereocenters. The molecule has 5 nitrogen and oxygen atoms in total. The molecule has 0 saturated heterocycles. The molecule has 0 fully saturated rings. The molecular formula is C68H42N2O3. The molecule has 0 aliphatic heterocycles. The average molecular weight is 935 g/mol. The number of hydrogen-bond acceptors (Lipinski definition) is 5. The van der Waals surface area contributed by atoms with Crippen LogP contribution in [-0.4, -0.2) is 0 Å². The van der Waals surface area contributed by atoms with E-state index in [1.54, 1.807) is 0 Å². The van der Waals surface area contributed by atoms with Gasteiger partial charge in [0, 0.05) is 65.9 Å². The van der Waals surface area contributed by atoms with E-state index in [1.807, 2.05) is 18.2 Å². The second-order valence-electron chi connectivity index (χ2n) is 18.7. The number of rotatable bonds is 8. The fourth-order valence-corrected chi connectivity index (χ4v) is 11.3. The van der Waals surface area contributed by atoms with Gasteiger partial charge in [-0.25, -0.2) is 0 Å². The van der Waals surface area contributed by atoms with Gasteiger partial charge in [0.15, 0.2) is 11.2 Å². The third-order valence-electron chi connectivity index (χ3n) is 14.6. The van der Waals surface area contributed by atoms with Crippen molar-refractivity contribution in [3.05, 3.63) is 255 Å². The summed E-state index contributed by atoms with van der Waals surface area (Å²) in [5.74, 6) is 0. The summed E-state index contributed by atoms with van der Waals surface area (Å²) >= 11 is 0. The Morgan fingerprint density at radius 1 is 0.219 bits per heavy atom. The van der Waals surface area contributed by atoms with Crippen LogP contribution in [-0.2, 0) is 0 Å². The van der Waals surface area contributed by atoms with Crippen LogP contribution in [0.25, 0.3) is 110 Å². The fourth-order valence-electron chi connectivity index (χ4n) is 11.3. The first kappa shape index (κ1) is 41.0. The fraction of sp³-hybridized carbons (Fsp3) is 0. The van der Waals surface area contributed by atoms with E-state index in [1.165, 1.54) is 0 Å². The molecule has 0 bridgehead atoms. The van der Waals surface area contributed by atoms with Crippen molar-refractivity contribution in [2.75, 3.05) is 9.80 Å². The van der Waals surface area contributed by atoms with E-state index in [4.69, 9.17) is 13.3 Å². The molecule has 0 unspecified atom stereocenters. The normalized spacial score (nSPS) is 11.8. The summed E-state index contributed by atoms with van der Waals surface area (Å²) in [4.78, 5) is 4.73. The molecule has 0 aliphatic rings. The molecule has 12 aromatic carbocycles. The maximum Gasteiger partial charge on any atom is 0.159 e. The van der Waals surface area contributed by atoms with Crippen molar-refractivity contribution in [1.29, 1.82) is 0 Å². The summed E-state index contributed by atoms with van der Waals surface area (Å²) < 4.78 is 21.0. The summed E-state index contributed by atoms with van der Waals surface area (Å²) in [6.45, 7) is 0. The number of furan rings is 3. The lowest BCUT2D eigenvalue weighted by Gasteiger charge is -2.28. The number of fused-ring (bicyclic) bond motifs is 13. The monoisotopic (exact) mass is 934 g/mol. The minimum absolute atomic E-state index is 0.781. The van der Waals surface area contributed by atoms with E-state index < -0.39 is 0 Å². The van der Waals surface area contributed by atoms with Crippen LogP contribution < -0.4 is 9.80 Å². The first-order valence-corrected chi connectivity index (χ1v) is 24.7. The molecule has 5 heteroatoms. The largest absolute Gasteiger partial charge is 0.455 e. The van der Waals surface area contributed by atoms with Gasteiger partial charge in [0.05, 0.1) is 22.7 Å². The zero-order valence-corrected chi connectivity index (χ0v) is 39.4. The first-order chi connectivity index (χ1) is 36.2. The quantitative estimate of drug-likeness (QED) is 0.152. The lowest BCUT2D eigenvalue weighted by Crippen LogP contribution is -2.11. The Balaban J connectivity index is 1.02. The molecule has 0 radical (unpaired) electrons. The molecule has 15 aromatic rings. The number of hydrogen-bond donors (Lipinski definition) is 0. The second-order valence-corrected chi connectivity index (χ2v) is 18.7. The summed E-state index contributed by atoms with van der Waals surface area (Å²) in [6.07, 6.45) is 0. The molecule has 3 heterocycles. The van der Waals surface area contributed by atoms with Crippen LogP contribution in [0.2, 0.25) is 0 Å². The number of benzene rings is 12. The van der Waals surface area contributed by atoms with Gasteiger partial charge in [-0.15, -0.1) is 0 Å². The Kier molecular flexibility index (Phi) is 9.19. The van der Waals surface area contributed by atoms with Crippen molar-refractivity contribution in [1.82, 2.24) is 0 Å². The average Bonchev–Trinajstić information content (AvgIpc) is 4.17. The van der Waals surface area contributed by atoms with Crippen LogP contribution in [0, 0.1) is 0 Å². The minimum atomic E-state index is 0.781. The van der Waals surface area contributed by atoms with Crippen molar-refractivity contribution in [2.24, 2.45) is 0 Å². The lowest BCUT2D eigenvalue weighted by molar-refractivity contribution is 0.668. The Morgan fingerprint density at radius 2 is 0.603 bits per heavy atom. The first-order valence-electron chi connectivity index (χ1n) is 24.7. The maximum atomic E-state index is 7.31. The Hall–Kier alpha value is -9.84. The topological polar surface area (TPSA) is 45.9 Å². The third kappa shape index (κ3) is 6.49. The summed E-state index contributed by atoms with van der Waals surface area (Å²) in [6, 6.07) is 90.2. The molecule has 0 aliphatic carbocycles. The standard InChI is InChI=1S/C68H42N2O3/c1-3-19-43(20-4-1)45-23-15-25-47(39-45)69(58-35-17-33-55-51-29-11-13-37-62(51)71-67(55)58)60-41-57-65-53-31-9-7-27-49(53)61(42-64(65)73-66(57)54-32-10-8-28-50(54)60)70(48-26-16-24-46(40-48)44-21-5-2-6-22-44)59-36-18-34-56-52-30-12-14-38-63(52)72-68(56)59/h1-42H. The molecule has 0 saturated carbocycles. The second kappa shape index (κ2) is 16.4. The highest BCUT2D eigenvalue weighted by Crippen LogP contribution is 2.52. The SMILES string of the molecule is c1ccc(-c2cccc(N(c3cc4c(oc5cc(N(c6cccc(-c7ccccc7)c6)c6cccc7c6oc6ccccc67)c6ccccc6c54)c4ccccc34)c3cccc4c3oc3ccccc34)c2)cc1. The molecule has 3 aromatic heterocycles. The van der Waals surface area contributed by atoms with E-state index in [-0.39, 0.29) is 0 Å². The third-order valence-corrected chi connectivity index (χ3v) is 14.6. The predicted molar refractivity (Wildman–Crippen MR) is 304 cm³/mol. The van der Waals surface area contributed by atoms with Crippen molar-refractivity contribution >= 4 is 121 Å². The van der Waals surface area contributed by atoms with Gasteiger partial charge in [-0.2, -0.15) is 0 Å². The zero-order valence-electron chi connectivity index (χ0n) is 39.4. The van der Waals surface area contributed by atoms with E-state index in [0.717, 1.165) is 144 Å². The van der Waals surface area contributed by atoms with E-state index in [2.05, 4.69) is 246 Å². The minimum Gasteiger partial charge on any atom is -0.455 e. The van der Waals surface area contributed by atoms with Gasteiger partial charge < -0.3 is 23.1 Å². The van der Waals surface area contributed by atoms with Gasteiger partial charge in [0.25, 0.3) is 0 Å². The number of para-hydroxylation sites is 4. The maximum absolute atomic E-state index is 7.31. The molecule has 0 amide bonds. The van der Waals surface area contributed by atoms with Crippen LogP contribution in [0.4, 0.5) is 34.1 Å². The van der Waals surface area contributed by atoms with Gasteiger partial charge >= 0.3 is 0 Å². The van der Waals surface area contributed by atoms with E-state index in [0.29, 0.717) is 0 Å². The Morgan fingerprint density at radius 3 is 1.15 bits per heavy atom. The highest BCUT2D eigenvalue weighted by Gasteiger charge is 2.27. The molecule has 73 heavy (non-hydrogen) atoms. The summed E-state index contributed by atoms with van der Waals surface area (Å²) in [7, 11) is 0. The van der Waals surface area contributed by atoms with Crippen LogP contribution in [0.1, 0.15) is 0 Å². The van der Waals surface area contributed by atoms with Crippen LogP contribution in [0.3, 0.4) is 0 Å². The molecule has 15 rings (SSSR count). The van der Waals surface area contributed by atoms with Gasteiger partial charge in [-0.1, -0.05) is 194 Å². The van der Waals surface area contributed by atoms with E-state index in [9.17, 15) is 0 Å². The van der Waals surface area contributed by atoms with Gasteiger partial charge in [0.1, 0.15) is 22.3 Å². The van der Waals surface area contributed by atoms with Crippen LogP contribution >= 0.6 is 0 Å². The van der Waals surface area contributed by atoms with Crippen molar-refractivity contribution in [3.8, 4) is 22.3 Å². The lowest BCUT2D eigenvalue weighted by atomic mass is 9.97. The van der Waals surface area contributed by atoms with E-state index >= 15 is 0 Å². The zero-order chi connectivity index (χ0) is 48.0. The van der Waals surface area contributed by atoms with Gasteiger partial charge in [0.2, 0.25) is 0 Å². The number of nitrogens with zero attached hydrogens (tertiary/aromatic N) is 2. The van der Waals surface area contributed by atoms with Crippen LogP contribution in [0.15, 0.2) is 268 Å². The smallest absolute Gasteiger partial charge is 0.159 e. The Bertz CT molecular complexity index is 4640. The summed E-state index contributed by atoms with van der Waals surface area (Å²) in [5.41, 5.74) is 15.3. The molecular weight excluding hydrogens is 893 g/mol. The highest BCUT2D eigenvalue weighted by atomic mass is 16.3. The van der Waals surface area contributed by atoms with Crippen LogP contribution in [0.5, 0.6) is 0 Å². The predicted octanol–water partition coefficient (Wildman–Crippen LogP) is 20.0. The number of anilines is 6. The summed E-state index contributed by atoms with van der Waals surface area (Å²) in [5, 5.41) is 10.6. The van der Waals surface area contributed by atoms with Gasteiger partial charge in [-0.05, 0) is 82.2 Å². The van der Waals surface area contributed by atoms with Crippen molar-refractivity contribution in [3.63, 3.8) is 0 Å². The molecule has 0 spiro atoms. The Labute approximate surface area is 419 Å². The van der Waals surface area contributed by atoms with Crippen molar-refractivity contribution < 1.29 is 13.3 Å². The highest BCUT2D eigenvalue weighted by molar-refractivity contribution is 6.28.